The van der Waals surface area contributed by atoms with Crippen LogP contribution < -0.4 is 20.8 Å². The first kappa shape index (κ1) is 23.1. The van der Waals surface area contributed by atoms with Gasteiger partial charge in [-0.25, -0.2) is 9.82 Å². The minimum atomic E-state index is -1.08. The third-order valence-corrected chi connectivity index (χ3v) is 4.31. The van der Waals surface area contributed by atoms with Crippen molar-refractivity contribution in [3.8, 4) is 5.75 Å². The zero-order valence-electron chi connectivity index (χ0n) is 17.7. The van der Waals surface area contributed by atoms with E-state index in [2.05, 4.69) is 21.2 Å². The average Bonchev–Trinajstić information content (AvgIpc) is 2.81. The van der Waals surface area contributed by atoms with Crippen molar-refractivity contribution in [1.29, 1.82) is 0 Å². The van der Waals surface area contributed by atoms with Gasteiger partial charge in [0.1, 0.15) is 11.6 Å². The monoisotopic (exact) mass is 448 g/mol. The summed E-state index contributed by atoms with van der Waals surface area (Å²) in [6, 6.07) is 19.5. The molecule has 168 valence electrons. The second kappa shape index (κ2) is 11.2. The molecule has 0 atom stereocenters. The first-order valence-corrected chi connectivity index (χ1v) is 9.89. The maximum atomic E-state index is 13.6. The Labute approximate surface area is 189 Å². The van der Waals surface area contributed by atoms with E-state index < -0.39 is 17.6 Å². The van der Waals surface area contributed by atoms with Crippen molar-refractivity contribution >= 4 is 35.3 Å². The van der Waals surface area contributed by atoms with E-state index in [-0.39, 0.29) is 18.2 Å². The van der Waals surface area contributed by atoms with Crippen LogP contribution in [0.3, 0.4) is 0 Å². The summed E-state index contributed by atoms with van der Waals surface area (Å²) in [5.74, 6) is -2.81. The molecule has 3 amide bonds. The minimum absolute atomic E-state index is 0.121. The van der Waals surface area contributed by atoms with E-state index in [0.717, 1.165) is 11.6 Å². The number of benzene rings is 3. The summed E-state index contributed by atoms with van der Waals surface area (Å²) in [6.07, 6.45) is 1.27. The number of anilines is 2. The van der Waals surface area contributed by atoms with E-state index >= 15 is 0 Å². The fraction of sp³-hybridized carbons (Fsp3) is 0.0833. The molecule has 0 saturated carbocycles. The summed E-state index contributed by atoms with van der Waals surface area (Å²) < 4.78 is 19.1. The van der Waals surface area contributed by atoms with Gasteiger partial charge in [-0.1, -0.05) is 42.0 Å². The fourth-order valence-electron chi connectivity index (χ4n) is 2.65. The van der Waals surface area contributed by atoms with Crippen molar-refractivity contribution in [2.75, 3.05) is 17.2 Å². The van der Waals surface area contributed by atoms with Gasteiger partial charge in [-0.2, -0.15) is 5.10 Å². The number of rotatable bonds is 7. The molecule has 0 unspecified atom stereocenters. The number of hydrogen-bond donors (Lipinski definition) is 3. The van der Waals surface area contributed by atoms with Crippen LogP contribution in [0.2, 0.25) is 0 Å². The molecule has 0 heterocycles. The van der Waals surface area contributed by atoms with Gasteiger partial charge in [0.15, 0.2) is 6.61 Å². The molecule has 3 N–H and O–H groups in total. The number of para-hydroxylation sites is 2. The van der Waals surface area contributed by atoms with Crippen LogP contribution >= 0.6 is 0 Å². The first-order chi connectivity index (χ1) is 15.9. The standard InChI is InChI=1S/C24H21FN4O4/c1-16-10-12-18(13-11-16)27-22(30)15-33-21-9-5-2-6-17(21)14-26-29-24(32)23(31)28-20-8-4-3-7-19(20)25/h2-14H,15H2,1H3,(H,27,30)(H,28,31)(H,29,32)/b26-14-. The van der Waals surface area contributed by atoms with Gasteiger partial charge < -0.3 is 15.4 Å². The third kappa shape index (κ3) is 7.00. The molecule has 0 aliphatic carbocycles. The number of halogens is 1. The molecule has 3 aromatic carbocycles. The third-order valence-electron chi connectivity index (χ3n) is 4.31. The number of carbonyl (C=O) groups is 3. The lowest BCUT2D eigenvalue weighted by Crippen LogP contribution is -2.32. The molecule has 3 rings (SSSR count). The lowest BCUT2D eigenvalue weighted by Gasteiger charge is -2.10. The Bertz CT molecular complexity index is 1180. The van der Waals surface area contributed by atoms with Crippen LogP contribution in [0.25, 0.3) is 0 Å². The van der Waals surface area contributed by atoms with Gasteiger partial charge in [-0.3, -0.25) is 14.4 Å². The largest absolute Gasteiger partial charge is 0.483 e. The molecule has 0 saturated heterocycles. The van der Waals surface area contributed by atoms with Gasteiger partial charge >= 0.3 is 11.8 Å². The van der Waals surface area contributed by atoms with Crippen LogP contribution in [-0.4, -0.2) is 30.5 Å². The van der Waals surface area contributed by atoms with Crippen molar-refractivity contribution < 1.29 is 23.5 Å². The predicted molar refractivity (Wildman–Crippen MR) is 123 cm³/mol. The second-order valence-corrected chi connectivity index (χ2v) is 6.87. The van der Waals surface area contributed by atoms with E-state index in [1.165, 1.54) is 24.4 Å². The Morgan fingerprint density at radius 3 is 2.36 bits per heavy atom. The highest BCUT2D eigenvalue weighted by atomic mass is 19.1. The van der Waals surface area contributed by atoms with E-state index in [1.807, 2.05) is 19.1 Å². The Kier molecular flexibility index (Phi) is 7.85. The van der Waals surface area contributed by atoms with Gasteiger partial charge in [-0.05, 0) is 43.3 Å². The summed E-state index contributed by atoms with van der Waals surface area (Å²) in [6.45, 7) is 1.71. The molecule has 0 aliphatic heterocycles. The molecule has 0 fully saturated rings. The molecule has 0 bridgehead atoms. The Morgan fingerprint density at radius 1 is 0.909 bits per heavy atom. The topological polar surface area (TPSA) is 109 Å². The molecule has 0 spiro atoms. The molecule has 0 radical (unpaired) electrons. The van der Waals surface area contributed by atoms with Crippen LogP contribution in [-0.2, 0) is 14.4 Å². The van der Waals surface area contributed by atoms with E-state index in [0.29, 0.717) is 17.0 Å². The van der Waals surface area contributed by atoms with Gasteiger partial charge in [0.2, 0.25) is 0 Å². The number of hydrazone groups is 1. The highest BCUT2D eigenvalue weighted by molar-refractivity contribution is 6.39. The van der Waals surface area contributed by atoms with Crippen LogP contribution in [0.1, 0.15) is 11.1 Å². The van der Waals surface area contributed by atoms with Crippen molar-refractivity contribution in [2.45, 2.75) is 6.92 Å². The SMILES string of the molecule is Cc1ccc(NC(=O)COc2ccccc2/C=N\NC(=O)C(=O)Nc2ccccc2F)cc1. The first-order valence-electron chi connectivity index (χ1n) is 9.89. The number of nitrogens with one attached hydrogen (secondary N) is 3. The van der Waals surface area contributed by atoms with Crippen LogP contribution in [0.4, 0.5) is 15.8 Å². The highest BCUT2D eigenvalue weighted by Crippen LogP contribution is 2.16. The Balaban J connectivity index is 1.53. The van der Waals surface area contributed by atoms with E-state index in [4.69, 9.17) is 4.74 Å². The predicted octanol–water partition coefficient (Wildman–Crippen LogP) is 3.24. The van der Waals surface area contributed by atoms with Gasteiger partial charge in [0.05, 0.1) is 11.9 Å². The molecule has 8 nitrogen and oxygen atoms in total. The number of aryl methyl sites for hydroxylation is 1. The molecule has 9 heteroatoms. The van der Waals surface area contributed by atoms with Gasteiger partial charge in [0.25, 0.3) is 5.91 Å². The number of hydrogen-bond acceptors (Lipinski definition) is 5. The van der Waals surface area contributed by atoms with Crippen LogP contribution in [0, 0.1) is 12.7 Å². The summed E-state index contributed by atoms with van der Waals surface area (Å²) in [5.41, 5.74) is 4.14. The summed E-state index contributed by atoms with van der Waals surface area (Å²) in [4.78, 5) is 35.9. The maximum Gasteiger partial charge on any atom is 0.329 e. The molecular formula is C24H21FN4O4. The maximum absolute atomic E-state index is 13.6. The molecule has 0 aromatic heterocycles. The van der Waals surface area contributed by atoms with Crippen molar-refractivity contribution in [2.24, 2.45) is 5.10 Å². The fourth-order valence-corrected chi connectivity index (χ4v) is 2.65. The van der Waals surface area contributed by atoms with Crippen LogP contribution in [0.5, 0.6) is 5.75 Å². The van der Waals surface area contributed by atoms with Crippen LogP contribution in [0.15, 0.2) is 77.9 Å². The number of amides is 3. The van der Waals surface area contributed by atoms with Crippen molar-refractivity contribution in [3.05, 3.63) is 89.7 Å². The summed E-state index contributed by atoms with van der Waals surface area (Å²) in [7, 11) is 0. The molecular weight excluding hydrogens is 427 g/mol. The lowest BCUT2D eigenvalue weighted by atomic mass is 10.2. The van der Waals surface area contributed by atoms with Gasteiger partial charge in [-0.15, -0.1) is 0 Å². The Morgan fingerprint density at radius 2 is 1.61 bits per heavy atom. The van der Waals surface area contributed by atoms with Gasteiger partial charge in [0, 0.05) is 11.3 Å². The van der Waals surface area contributed by atoms with Crippen molar-refractivity contribution in [1.82, 2.24) is 5.43 Å². The van der Waals surface area contributed by atoms with E-state index in [9.17, 15) is 18.8 Å². The zero-order valence-corrected chi connectivity index (χ0v) is 17.7. The zero-order chi connectivity index (χ0) is 23.6. The smallest absolute Gasteiger partial charge is 0.329 e. The quantitative estimate of drug-likeness (QED) is 0.293. The average molecular weight is 448 g/mol. The molecule has 3 aromatic rings. The molecule has 33 heavy (non-hydrogen) atoms. The number of carbonyl (C=O) groups excluding carboxylic acids is 3. The highest BCUT2D eigenvalue weighted by Gasteiger charge is 2.14. The second-order valence-electron chi connectivity index (χ2n) is 6.87. The van der Waals surface area contributed by atoms with E-state index in [1.54, 1.807) is 36.4 Å². The normalized spacial score (nSPS) is 10.5. The minimum Gasteiger partial charge on any atom is -0.483 e. The number of ether oxygens (including phenoxy) is 1. The van der Waals surface area contributed by atoms with Crippen molar-refractivity contribution in [3.63, 3.8) is 0 Å². The molecule has 0 aliphatic rings. The lowest BCUT2D eigenvalue weighted by molar-refractivity contribution is -0.136. The Hall–Kier alpha value is -4.53. The number of nitrogens with zero attached hydrogens (tertiary/aromatic N) is 1. The summed E-state index contributed by atoms with van der Waals surface area (Å²) in [5, 5.41) is 8.62. The summed E-state index contributed by atoms with van der Waals surface area (Å²) >= 11 is 0.